The SMILES string of the molecule is CN(C)CC1CCCN1C(=O)C1CC2CC2C1. The lowest BCUT2D eigenvalue weighted by Crippen LogP contribution is -2.43. The summed E-state index contributed by atoms with van der Waals surface area (Å²) in [5.74, 6) is 2.68. The summed E-state index contributed by atoms with van der Waals surface area (Å²) < 4.78 is 0. The van der Waals surface area contributed by atoms with Crippen LogP contribution in [-0.2, 0) is 4.79 Å². The van der Waals surface area contributed by atoms with Crippen molar-refractivity contribution in [1.82, 2.24) is 9.80 Å². The Morgan fingerprint density at radius 3 is 2.59 bits per heavy atom. The topological polar surface area (TPSA) is 23.6 Å². The van der Waals surface area contributed by atoms with Crippen molar-refractivity contribution < 1.29 is 4.79 Å². The van der Waals surface area contributed by atoms with E-state index in [1.807, 2.05) is 0 Å². The molecule has 0 aromatic carbocycles. The van der Waals surface area contributed by atoms with E-state index in [1.54, 1.807) is 0 Å². The second-order valence-corrected chi connectivity index (χ2v) is 6.51. The van der Waals surface area contributed by atoms with E-state index in [4.69, 9.17) is 0 Å². The Bertz CT molecular complexity index is 305. The first kappa shape index (κ1) is 11.5. The maximum absolute atomic E-state index is 12.5. The lowest BCUT2D eigenvalue weighted by Gasteiger charge is -2.29. The molecule has 3 atom stereocenters. The minimum absolute atomic E-state index is 0.376. The molecular formula is C14H24N2O. The van der Waals surface area contributed by atoms with Gasteiger partial charge in [0.25, 0.3) is 0 Å². The van der Waals surface area contributed by atoms with Crippen molar-refractivity contribution in [3.05, 3.63) is 0 Å². The number of rotatable bonds is 3. The first-order valence-electron chi connectivity index (χ1n) is 7.10. The molecule has 1 amide bonds. The zero-order valence-corrected chi connectivity index (χ0v) is 11.1. The highest BCUT2D eigenvalue weighted by atomic mass is 16.2. The minimum atomic E-state index is 0.376. The molecule has 17 heavy (non-hydrogen) atoms. The van der Waals surface area contributed by atoms with E-state index < -0.39 is 0 Å². The Kier molecular flexibility index (Phi) is 2.89. The first-order chi connectivity index (χ1) is 8.15. The quantitative estimate of drug-likeness (QED) is 0.743. The van der Waals surface area contributed by atoms with Crippen LogP contribution in [-0.4, -0.2) is 48.9 Å². The highest BCUT2D eigenvalue weighted by Crippen LogP contribution is 2.54. The molecule has 0 bridgehead atoms. The number of carbonyl (C=O) groups is 1. The van der Waals surface area contributed by atoms with Gasteiger partial charge in [-0.15, -0.1) is 0 Å². The van der Waals surface area contributed by atoms with Crippen molar-refractivity contribution in [2.24, 2.45) is 17.8 Å². The van der Waals surface area contributed by atoms with Crippen molar-refractivity contribution in [3.63, 3.8) is 0 Å². The molecule has 2 aliphatic carbocycles. The fourth-order valence-corrected chi connectivity index (χ4v) is 3.89. The summed E-state index contributed by atoms with van der Waals surface area (Å²) in [4.78, 5) is 16.9. The molecule has 1 heterocycles. The molecule has 0 spiro atoms. The maximum Gasteiger partial charge on any atom is 0.225 e. The Morgan fingerprint density at radius 1 is 1.24 bits per heavy atom. The summed E-state index contributed by atoms with van der Waals surface area (Å²) in [6.07, 6.45) is 6.18. The van der Waals surface area contributed by atoms with Gasteiger partial charge in [0.15, 0.2) is 0 Å². The molecule has 0 radical (unpaired) electrons. The van der Waals surface area contributed by atoms with E-state index in [2.05, 4.69) is 23.9 Å². The molecule has 3 nitrogen and oxygen atoms in total. The third kappa shape index (κ3) is 2.22. The average molecular weight is 236 g/mol. The molecule has 1 saturated heterocycles. The van der Waals surface area contributed by atoms with Crippen LogP contribution in [0.15, 0.2) is 0 Å². The van der Waals surface area contributed by atoms with E-state index in [0.717, 1.165) is 24.9 Å². The summed E-state index contributed by atoms with van der Waals surface area (Å²) in [7, 11) is 4.21. The van der Waals surface area contributed by atoms with Gasteiger partial charge in [-0.3, -0.25) is 4.79 Å². The van der Waals surface area contributed by atoms with Crippen molar-refractivity contribution >= 4 is 5.91 Å². The van der Waals surface area contributed by atoms with Crippen LogP contribution in [0.4, 0.5) is 0 Å². The summed E-state index contributed by atoms with van der Waals surface area (Å²) in [6.45, 7) is 2.04. The van der Waals surface area contributed by atoms with Crippen LogP contribution >= 0.6 is 0 Å². The predicted octanol–water partition coefficient (Wildman–Crippen LogP) is 1.59. The van der Waals surface area contributed by atoms with Crippen molar-refractivity contribution in [2.45, 2.75) is 38.1 Å². The van der Waals surface area contributed by atoms with E-state index in [-0.39, 0.29) is 0 Å². The molecule has 3 fully saturated rings. The summed E-state index contributed by atoms with van der Waals surface area (Å²) >= 11 is 0. The lowest BCUT2D eigenvalue weighted by atomic mass is 10.0. The Morgan fingerprint density at radius 2 is 1.94 bits per heavy atom. The van der Waals surface area contributed by atoms with E-state index >= 15 is 0 Å². The minimum Gasteiger partial charge on any atom is -0.338 e. The number of hydrogen-bond donors (Lipinski definition) is 0. The fourth-order valence-electron chi connectivity index (χ4n) is 3.89. The molecule has 3 aliphatic rings. The first-order valence-corrected chi connectivity index (χ1v) is 7.10. The van der Waals surface area contributed by atoms with Crippen LogP contribution in [0.25, 0.3) is 0 Å². The van der Waals surface area contributed by atoms with Crippen LogP contribution in [0.1, 0.15) is 32.1 Å². The number of carbonyl (C=O) groups excluding carboxylic acids is 1. The van der Waals surface area contributed by atoms with E-state index in [1.165, 1.54) is 32.1 Å². The summed E-state index contributed by atoms with van der Waals surface area (Å²) in [5.41, 5.74) is 0. The van der Waals surface area contributed by atoms with Gasteiger partial charge in [-0.1, -0.05) is 0 Å². The van der Waals surface area contributed by atoms with Crippen molar-refractivity contribution in [1.29, 1.82) is 0 Å². The molecule has 2 saturated carbocycles. The normalized spacial score (nSPS) is 39.8. The van der Waals surface area contributed by atoms with E-state index in [9.17, 15) is 4.79 Å². The molecule has 96 valence electrons. The molecule has 0 aromatic rings. The summed E-state index contributed by atoms with van der Waals surface area (Å²) in [5, 5.41) is 0. The van der Waals surface area contributed by atoms with Gasteiger partial charge in [-0.05, 0) is 58.0 Å². The lowest BCUT2D eigenvalue weighted by molar-refractivity contribution is -0.136. The zero-order chi connectivity index (χ0) is 12.0. The zero-order valence-electron chi connectivity index (χ0n) is 11.1. The van der Waals surface area contributed by atoms with Crippen LogP contribution in [0, 0.1) is 17.8 Å². The Hall–Kier alpha value is -0.570. The van der Waals surface area contributed by atoms with Crippen LogP contribution in [0.2, 0.25) is 0 Å². The van der Waals surface area contributed by atoms with Gasteiger partial charge in [0.2, 0.25) is 5.91 Å². The highest BCUT2D eigenvalue weighted by molar-refractivity contribution is 5.80. The summed E-state index contributed by atoms with van der Waals surface area (Å²) in [6, 6.07) is 0.481. The molecule has 3 heteroatoms. The Balaban J connectivity index is 1.60. The van der Waals surface area contributed by atoms with Gasteiger partial charge in [-0.25, -0.2) is 0 Å². The third-order valence-corrected chi connectivity index (χ3v) is 4.83. The van der Waals surface area contributed by atoms with Crippen LogP contribution in [0.3, 0.4) is 0 Å². The van der Waals surface area contributed by atoms with Gasteiger partial charge in [-0.2, -0.15) is 0 Å². The standard InChI is InChI=1S/C14H24N2O/c1-15(2)9-13-4-3-5-16(13)14(17)12-7-10-6-11(10)8-12/h10-13H,3-9H2,1-2H3. The molecule has 0 aromatic heterocycles. The monoisotopic (exact) mass is 236 g/mol. The number of fused-ring (bicyclic) bond motifs is 1. The fraction of sp³-hybridized carbons (Fsp3) is 0.929. The largest absolute Gasteiger partial charge is 0.338 e. The second-order valence-electron chi connectivity index (χ2n) is 6.51. The van der Waals surface area contributed by atoms with Crippen LogP contribution in [0.5, 0.6) is 0 Å². The molecule has 3 rings (SSSR count). The maximum atomic E-state index is 12.5. The van der Waals surface area contributed by atoms with E-state index in [0.29, 0.717) is 17.9 Å². The predicted molar refractivity (Wildman–Crippen MR) is 67.6 cm³/mol. The van der Waals surface area contributed by atoms with Crippen molar-refractivity contribution in [2.75, 3.05) is 27.2 Å². The van der Waals surface area contributed by atoms with Gasteiger partial charge in [0.05, 0.1) is 0 Å². The van der Waals surface area contributed by atoms with Gasteiger partial charge >= 0.3 is 0 Å². The van der Waals surface area contributed by atoms with Crippen molar-refractivity contribution in [3.8, 4) is 0 Å². The van der Waals surface area contributed by atoms with Gasteiger partial charge < -0.3 is 9.80 Å². The highest BCUT2D eigenvalue weighted by Gasteiger charge is 2.49. The van der Waals surface area contributed by atoms with Gasteiger partial charge in [0, 0.05) is 25.0 Å². The number of hydrogen-bond acceptors (Lipinski definition) is 2. The Labute approximate surface area is 104 Å². The molecule has 0 N–H and O–H groups in total. The van der Waals surface area contributed by atoms with Crippen LogP contribution < -0.4 is 0 Å². The number of nitrogens with zero attached hydrogens (tertiary/aromatic N) is 2. The molecular weight excluding hydrogens is 212 g/mol. The average Bonchev–Trinajstić information content (AvgIpc) is 2.73. The second kappa shape index (κ2) is 4.27. The van der Waals surface area contributed by atoms with Gasteiger partial charge in [0.1, 0.15) is 0 Å². The molecule has 3 unspecified atom stereocenters. The smallest absolute Gasteiger partial charge is 0.225 e. The number of amides is 1. The molecule has 1 aliphatic heterocycles. The number of likely N-dealkylation sites (N-methyl/N-ethyl adjacent to an activating group) is 1. The number of likely N-dealkylation sites (tertiary alicyclic amines) is 1. The third-order valence-electron chi connectivity index (χ3n) is 4.83.